The Morgan fingerprint density at radius 3 is 3.18 bits per heavy atom. The van der Waals surface area contributed by atoms with Crippen molar-refractivity contribution in [3.63, 3.8) is 0 Å². The smallest absolute Gasteiger partial charge is 0.203 e. The molecule has 2 aromatic heterocycles. The standard InChI is InChI=1S/C11H17N5O/c1-17-8-4-2-3-5-12-10-11-15-14-9-16(11)7-6-13-10/h6-7,9H,2-5,8H2,1H3,(H,12,13). The molecule has 0 aliphatic heterocycles. The second-order valence-corrected chi connectivity index (χ2v) is 3.82. The van der Waals surface area contributed by atoms with E-state index in [1.165, 1.54) is 0 Å². The topological polar surface area (TPSA) is 64.3 Å². The normalized spacial score (nSPS) is 10.9. The number of aromatic nitrogens is 4. The van der Waals surface area contributed by atoms with Gasteiger partial charge in [0.15, 0.2) is 5.82 Å². The summed E-state index contributed by atoms with van der Waals surface area (Å²) < 4.78 is 6.85. The highest BCUT2D eigenvalue weighted by atomic mass is 16.5. The van der Waals surface area contributed by atoms with E-state index in [2.05, 4.69) is 20.5 Å². The van der Waals surface area contributed by atoms with Crippen molar-refractivity contribution in [1.29, 1.82) is 0 Å². The molecule has 17 heavy (non-hydrogen) atoms. The Morgan fingerprint density at radius 2 is 2.29 bits per heavy atom. The molecule has 2 aromatic rings. The first-order chi connectivity index (χ1) is 8.42. The molecule has 2 heterocycles. The van der Waals surface area contributed by atoms with Gasteiger partial charge in [0.25, 0.3) is 0 Å². The molecule has 6 heteroatoms. The monoisotopic (exact) mass is 235 g/mol. The zero-order chi connectivity index (χ0) is 11.9. The first kappa shape index (κ1) is 11.8. The van der Waals surface area contributed by atoms with E-state index in [-0.39, 0.29) is 0 Å². The lowest BCUT2D eigenvalue weighted by molar-refractivity contribution is 0.192. The number of methoxy groups -OCH3 is 1. The highest BCUT2D eigenvalue weighted by molar-refractivity contribution is 5.61. The Balaban J connectivity index is 1.80. The van der Waals surface area contributed by atoms with Crippen molar-refractivity contribution in [2.45, 2.75) is 19.3 Å². The third-order valence-corrected chi connectivity index (χ3v) is 2.53. The first-order valence-corrected chi connectivity index (χ1v) is 5.79. The Morgan fingerprint density at radius 1 is 1.35 bits per heavy atom. The lowest BCUT2D eigenvalue weighted by atomic mass is 10.2. The number of nitrogens with one attached hydrogen (secondary N) is 1. The number of fused-ring (bicyclic) bond motifs is 1. The van der Waals surface area contributed by atoms with Gasteiger partial charge in [-0.15, -0.1) is 10.2 Å². The Labute approximate surface area is 100 Å². The number of ether oxygens (including phenoxy) is 1. The van der Waals surface area contributed by atoms with Crippen molar-refractivity contribution in [2.24, 2.45) is 0 Å². The van der Waals surface area contributed by atoms with Crippen molar-refractivity contribution in [3.8, 4) is 0 Å². The van der Waals surface area contributed by atoms with Crippen LogP contribution in [0.4, 0.5) is 5.82 Å². The Hall–Kier alpha value is -1.69. The fraction of sp³-hybridized carbons (Fsp3) is 0.545. The SMILES string of the molecule is COCCCCCNc1nccn2cnnc12. The van der Waals surface area contributed by atoms with Crippen LogP contribution in [0.1, 0.15) is 19.3 Å². The van der Waals surface area contributed by atoms with Crippen LogP contribution in [-0.2, 0) is 4.74 Å². The Bertz CT molecular complexity index is 456. The van der Waals surface area contributed by atoms with Gasteiger partial charge in [-0.3, -0.25) is 4.40 Å². The fourth-order valence-electron chi connectivity index (χ4n) is 1.64. The lowest BCUT2D eigenvalue weighted by Gasteiger charge is -2.05. The van der Waals surface area contributed by atoms with Gasteiger partial charge in [-0.25, -0.2) is 4.98 Å². The van der Waals surface area contributed by atoms with E-state index in [9.17, 15) is 0 Å². The number of rotatable bonds is 7. The summed E-state index contributed by atoms with van der Waals surface area (Å²) in [5.41, 5.74) is 0.768. The quantitative estimate of drug-likeness (QED) is 0.734. The molecular formula is C11H17N5O. The summed E-state index contributed by atoms with van der Waals surface area (Å²) in [5, 5.41) is 11.1. The van der Waals surface area contributed by atoms with Crippen LogP contribution in [0.2, 0.25) is 0 Å². The van der Waals surface area contributed by atoms with Gasteiger partial charge in [0, 0.05) is 32.7 Å². The summed E-state index contributed by atoms with van der Waals surface area (Å²) in [6.07, 6.45) is 8.58. The van der Waals surface area contributed by atoms with Crippen LogP contribution in [0, 0.1) is 0 Å². The molecule has 0 bridgehead atoms. The molecule has 0 aliphatic carbocycles. The summed E-state index contributed by atoms with van der Waals surface area (Å²) in [6.45, 7) is 1.72. The van der Waals surface area contributed by atoms with Crippen LogP contribution in [0.25, 0.3) is 5.65 Å². The van der Waals surface area contributed by atoms with Gasteiger partial charge in [0.2, 0.25) is 5.65 Å². The van der Waals surface area contributed by atoms with Crippen LogP contribution < -0.4 is 5.32 Å². The van der Waals surface area contributed by atoms with Gasteiger partial charge in [0.1, 0.15) is 6.33 Å². The largest absolute Gasteiger partial charge is 0.385 e. The van der Waals surface area contributed by atoms with Crippen molar-refractivity contribution < 1.29 is 4.74 Å². The zero-order valence-corrected chi connectivity index (χ0v) is 9.96. The maximum absolute atomic E-state index is 5.00. The molecule has 0 atom stereocenters. The minimum Gasteiger partial charge on any atom is -0.385 e. The van der Waals surface area contributed by atoms with Crippen molar-refractivity contribution in [2.75, 3.05) is 25.6 Å². The number of unbranched alkanes of at least 4 members (excludes halogenated alkanes) is 2. The second-order valence-electron chi connectivity index (χ2n) is 3.82. The first-order valence-electron chi connectivity index (χ1n) is 5.79. The van der Waals surface area contributed by atoms with E-state index in [4.69, 9.17) is 4.74 Å². The molecule has 0 unspecified atom stereocenters. The summed E-state index contributed by atoms with van der Waals surface area (Å²) >= 11 is 0. The van der Waals surface area contributed by atoms with Gasteiger partial charge in [-0.05, 0) is 19.3 Å². The van der Waals surface area contributed by atoms with Crippen molar-refractivity contribution >= 4 is 11.5 Å². The number of hydrogen-bond donors (Lipinski definition) is 1. The molecule has 0 saturated heterocycles. The highest BCUT2D eigenvalue weighted by Crippen LogP contribution is 2.09. The summed E-state index contributed by atoms with van der Waals surface area (Å²) in [7, 11) is 1.73. The number of hydrogen-bond acceptors (Lipinski definition) is 5. The van der Waals surface area contributed by atoms with Crippen LogP contribution >= 0.6 is 0 Å². The molecule has 6 nitrogen and oxygen atoms in total. The minimum absolute atomic E-state index is 0.768. The average Bonchev–Trinajstić information content (AvgIpc) is 2.82. The van der Waals surface area contributed by atoms with E-state index in [1.807, 2.05) is 10.6 Å². The lowest BCUT2D eigenvalue weighted by Crippen LogP contribution is -2.05. The van der Waals surface area contributed by atoms with Crippen molar-refractivity contribution in [3.05, 3.63) is 18.7 Å². The van der Waals surface area contributed by atoms with Crippen LogP contribution in [0.5, 0.6) is 0 Å². The molecule has 0 fully saturated rings. The molecular weight excluding hydrogens is 218 g/mol. The average molecular weight is 235 g/mol. The van der Waals surface area contributed by atoms with Gasteiger partial charge in [0.05, 0.1) is 0 Å². The van der Waals surface area contributed by atoms with E-state index in [0.717, 1.165) is 43.9 Å². The van der Waals surface area contributed by atoms with E-state index >= 15 is 0 Å². The van der Waals surface area contributed by atoms with Crippen molar-refractivity contribution in [1.82, 2.24) is 19.6 Å². The summed E-state index contributed by atoms with van der Waals surface area (Å²) in [4.78, 5) is 4.25. The Kier molecular flexibility index (Phi) is 4.26. The van der Waals surface area contributed by atoms with Gasteiger partial charge >= 0.3 is 0 Å². The van der Waals surface area contributed by atoms with E-state index in [0.29, 0.717) is 0 Å². The second kappa shape index (κ2) is 6.15. The minimum atomic E-state index is 0.768. The summed E-state index contributed by atoms with van der Waals surface area (Å²) in [5.74, 6) is 0.789. The molecule has 0 amide bonds. The van der Waals surface area contributed by atoms with E-state index < -0.39 is 0 Å². The highest BCUT2D eigenvalue weighted by Gasteiger charge is 2.02. The zero-order valence-electron chi connectivity index (χ0n) is 9.96. The number of nitrogens with zero attached hydrogens (tertiary/aromatic N) is 4. The molecule has 0 aromatic carbocycles. The molecule has 0 aliphatic rings. The molecule has 0 radical (unpaired) electrons. The third-order valence-electron chi connectivity index (χ3n) is 2.53. The molecule has 1 N–H and O–H groups in total. The molecule has 92 valence electrons. The van der Waals surface area contributed by atoms with Gasteiger partial charge < -0.3 is 10.1 Å². The van der Waals surface area contributed by atoms with Crippen LogP contribution in [0.15, 0.2) is 18.7 Å². The third kappa shape index (κ3) is 3.13. The predicted octanol–water partition coefficient (Wildman–Crippen LogP) is 1.35. The molecule has 0 saturated carbocycles. The molecule has 2 rings (SSSR count). The van der Waals surface area contributed by atoms with Crippen LogP contribution in [0.3, 0.4) is 0 Å². The summed E-state index contributed by atoms with van der Waals surface area (Å²) in [6, 6.07) is 0. The van der Waals surface area contributed by atoms with Gasteiger partial charge in [-0.1, -0.05) is 0 Å². The number of anilines is 1. The van der Waals surface area contributed by atoms with Crippen LogP contribution in [-0.4, -0.2) is 39.8 Å². The predicted molar refractivity (Wildman–Crippen MR) is 65.0 cm³/mol. The maximum atomic E-state index is 5.00. The van der Waals surface area contributed by atoms with Gasteiger partial charge in [-0.2, -0.15) is 0 Å². The molecule has 0 spiro atoms. The fourth-order valence-corrected chi connectivity index (χ4v) is 1.64. The van der Waals surface area contributed by atoms with E-state index in [1.54, 1.807) is 19.6 Å². The maximum Gasteiger partial charge on any atom is 0.203 e.